The van der Waals surface area contributed by atoms with Crippen LogP contribution in [-0.2, 0) is 6.42 Å². The van der Waals surface area contributed by atoms with Gasteiger partial charge in [-0.25, -0.2) is 4.98 Å². The molecule has 3 nitrogen and oxygen atoms in total. The van der Waals surface area contributed by atoms with Gasteiger partial charge in [0.1, 0.15) is 5.82 Å². The number of halogens is 1. The van der Waals surface area contributed by atoms with E-state index in [-0.39, 0.29) is 0 Å². The van der Waals surface area contributed by atoms with E-state index in [0.717, 1.165) is 34.8 Å². The zero-order chi connectivity index (χ0) is 16.6. The van der Waals surface area contributed by atoms with Crippen molar-refractivity contribution in [3.63, 3.8) is 0 Å². The van der Waals surface area contributed by atoms with Gasteiger partial charge in [0, 0.05) is 11.4 Å². The number of aromatic amines is 1. The first-order valence-corrected chi connectivity index (χ1v) is 8.88. The normalized spacial score (nSPS) is 25.1. The van der Waals surface area contributed by atoms with Gasteiger partial charge in [-0.15, -0.1) is 0 Å². The van der Waals surface area contributed by atoms with E-state index in [1.54, 1.807) is 0 Å². The third kappa shape index (κ3) is 3.46. The highest BCUT2D eigenvalue weighted by atomic mass is 35.5. The van der Waals surface area contributed by atoms with Crippen molar-refractivity contribution in [2.45, 2.75) is 33.6 Å². The van der Waals surface area contributed by atoms with E-state index in [2.05, 4.69) is 31.8 Å². The van der Waals surface area contributed by atoms with Gasteiger partial charge in [-0.3, -0.25) is 0 Å². The minimum atomic E-state index is 0.515. The number of hydrogen-bond acceptors (Lipinski definition) is 2. The molecule has 0 aliphatic heterocycles. The summed E-state index contributed by atoms with van der Waals surface area (Å²) in [5.74, 6) is 3.42. The zero-order valence-electron chi connectivity index (χ0n) is 14.1. The van der Waals surface area contributed by atoms with Crippen LogP contribution in [0.5, 0.6) is 0 Å². The molecule has 1 aliphatic rings. The lowest BCUT2D eigenvalue weighted by Gasteiger charge is -2.36. The number of hydrogen-bond donors (Lipinski definition) is 2. The molecule has 0 spiro atoms. The Balaban J connectivity index is 1.83. The second-order valence-corrected chi connectivity index (χ2v) is 7.64. The number of aromatic nitrogens is 2. The molecule has 1 heterocycles. The van der Waals surface area contributed by atoms with Crippen molar-refractivity contribution in [2.75, 3.05) is 6.54 Å². The van der Waals surface area contributed by atoms with Crippen molar-refractivity contribution in [1.29, 1.82) is 0 Å². The van der Waals surface area contributed by atoms with Crippen LogP contribution in [0.4, 0.5) is 0 Å². The molecule has 124 valence electrons. The van der Waals surface area contributed by atoms with Gasteiger partial charge in [-0.1, -0.05) is 37.1 Å². The van der Waals surface area contributed by atoms with Crippen LogP contribution in [-0.4, -0.2) is 16.5 Å². The third-order valence-electron chi connectivity index (χ3n) is 5.29. The molecular weight excluding hydrogens is 306 g/mol. The number of nitrogens with zero attached hydrogens (tertiary/aromatic N) is 1. The van der Waals surface area contributed by atoms with Gasteiger partial charge in [0.2, 0.25) is 0 Å². The number of imidazole rings is 1. The predicted octanol–water partition coefficient (Wildman–Crippen LogP) is 4.57. The third-order valence-corrected chi connectivity index (χ3v) is 5.52. The summed E-state index contributed by atoms with van der Waals surface area (Å²) < 4.78 is 0. The summed E-state index contributed by atoms with van der Waals surface area (Å²) in [7, 11) is 0. The Labute approximate surface area is 143 Å². The number of allylic oxidation sites excluding steroid dienone is 1. The summed E-state index contributed by atoms with van der Waals surface area (Å²) in [6.07, 6.45) is 4.55. The molecule has 0 unspecified atom stereocenters. The van der Waals surface area contributed by atoms with Crippen molar-refractivity contribution in [3.8, 4) is 0 Å². The summed E-state index contributed by atoms with van der Waals surface area (Å²) >= 11 is 6.06. The molecule has 23 heavy (non-hydrogen) atoms. The van der Waals surface area contributed by atoms with E-state index >= 15 is 0 Å². The van der Waals surface area contributed by atoms with E-state index < -0.39 is 0 Å². The largest absolute Gasteiger partial charge is 0.342 e. The van der Waals surface area contributed by atoms with Gasteiger partial charge >= 0.3 is 0 Å². The highest BCUT2D eigenvalue weighted by Gasteiger charge is 2.31. The van der Waals surface area contributed by atoms with E-state index in [1.165, 1.54) is 12.0 Å². The average Bonchev–Trinajstić information content (AvgIpc) is 2.90. The highest BCUT2D eigenvalue weighted by Crippen LogP contribution is 2.38. The van der Waals surface area contributed by atoms with Gasteiger partial charge in [-0.05, 0) is 61.8 Å². The van der Waals surface area contributed by atoms with Crippen LogP contribution in [0.1, 0.15) is 33.0 Å². The summed E-state index contributed by atoms with van der Waals surface area (Å²) in [6, 6.07) is 5.81. The van der Waals surface area contributed by atoms with Crippen molar-refractivity contribution in [2.24, 2.45) is 29.4 Å². The van der Waals surface area contributed by atoms with Crippen LogP contribution < -0.4 is 5.73 Å². The Morgan fingerprint density at radius 1 is 1.39 bits per heavy atom. The lowest BCUT2D eigenvalue weighted by molar-refractivity contribution is 0.230. The lowest BCUT2D eigenvalue weighted by atomic mass is 9.70. The van der Waals surface area contributed by atoms with E-state index in [1.807, 2.05) is 18.2 Å². The molecule has 1 aromatic heterocycles. The standard InChI is InChI=1S/C19H26ClN3/c1-11(2)16-7-13(12(3)6-14(16)10-21)8-19-22-17-5-4-15(20)9-18(17)23-19/h4-6,9,11,13-14,16H,7-8,10,21H2,1-3H3,(H,22,23)/t13-,14-,16-/m0/s1. The second kappa shape index (κ2) is 6.66. The number of nitrogens with two attached hydrogens (primary N) is 1. The monoisotopic (exact) mass is 331 g/mol. The molecule has 0 fully saturated rings. The van der Waals surface area contributed by atoms with Crippen molar-refractivity contribution >= 4 is 22.6 Å². The number of rotatable bonds is 4. The number of H-pyrrole nitrogens is 1. The van der Waals surface area contributed by atoms with Crippen LogP contribution in [0.2, 0.25) is 5.02 Å². The Morgan fingerprint density at radius 2 is 2.17 bits per heavy atom. The maximum atomic E-state index is 6.06. The highest BCUT2D eigenvalue weighted by molar-refractivity contribution is 6.31. The summed E-state index contributed by atoms with van der Waals surface area (Å²) in [5, 5.41) is 0.743. The zero-order valence-corrected chi connectivity index (χ0v) is 14.9. The number of fused-ring (bicyclic) bond motifs is 1. The SMILES string of the molecule is CC1=C[C@@H](CN)[C@H](C(C)C)C[C@H]1Cc1nc2ccc(Cl)cc2[nH]1. The Morgan fingerprint density at radius 3 is 2.87 bits per heavy atom. The maximum absolute atomic E-state index is 6.06. The van der Waals surface area contributed by atoms with Gasteiger partial charge in [0.05, 0.1) is 11.0 Å². The summed E-state index contributed by atoms with van der Waals surface area (Å²) in [6.45, 7) is 7.60. The molecule has 0 bridgehead atoms. The molecule has 0 amide bonds. The fourth-order valence-electron chi connectivity index (χ4n) is 3.91. The maximum Gasteiger partial charge on any atom is 0.107 e. The van der Waals surface area contributed by atoms with Gasteiger partial charge in [0.25, 0.3) is 0 Å². The summed E-state index contributed by atoms with van der Waals surface area (Å²) in [5.41, 5.74) is 9.44. The molecular formula is C19H26ClN3. The van der Waals surface area contributed by atoms with Crippen LogP contribution in [0.15, 0.2) is 29.8 Å². The molecule has 0 radical (unpaired) electrons. The first-order valence-electron chi connectivity index (χ1n) is 8.50. The van der Waals surface area contributed by atoms with Crippen molar-refractivity contribution in [1.82, 2.24) is 9.97 Å². The van der Waals surface area contributed by atoms with E-state index in [4.69, 9.17) is 22.3 Å². The van der Waals surface area contributed by atoms with Crippen molar-refractivity contribution in [3.05, 3.63) is 40.7 Å². The number of nitrogens with one attached hydrogen (secondary N) is 1. The quantitative estimate of drug-likeness (QED) is 0.806. The molecule has 3 N–H and O–H groups in total. The van der Waals surface area contributed by atoms with E-state index in [9.17, 15) is 0 Å². The topological polar surface area (TPSA) is 54.7 Å². The lowest BCUT2D eigenvalue weighted by Crippen LogP contribution is -2.32. The average molecular weight is 332 g/mol. The fourth-order valence-corrected chi connectivity index (χ4v) is 4.08. The van der Waals surface area contributed by atoms with Crippen LogP contribution in [0.25, 0.3) is 11.0 Å². The minimum absolute atomic E-state index is 0.515. The molecule has 1 aromatic carbocycles. The first kappa shape index (κ1) is 16.5. The second-order valence-electron chi connectivity index (χ2n) is 7.20. The van der Waals surface area contributed by atoms with Gasteiger partial charge in [0.15, 0.2) is 0 Å². The Hall–Kier alpha value is -1.32. The van der Waals surface area contributed by atoms with Crippen LogP contribution >= 0.6 is 11.6 Å². The molecule has 1 aliphatic carbocycles. The van der Waals surface area contributed by atoms with Gasteiger partial charge in [-0.2, -0.15) is 0 Å². The smallest absolute Gasteiger partial charge is 0.107 e. The van der Waals surface area contributed by atoms with E-state index in [0.29, 0.717) is 23.7 Å². The minimum Gasteiger partial charge on any atom is -0.342 e. The molecule has 2 aromatic rings. The summed E-state index contributed by atoms with van der Waals surface area (Å²) in [4.78, 5) is 8.15. The molecule has 0 saturated heterocycles. The first-order chi connectivity index (χ1) is 11.0. The Kier molecular flexibility index (Phi) is 4.79. The molecule has 3 rings (SSSR count). The van der Waals surface area contributed by atoms with Crippen LogP contribution in [0, 0.1) is 23.7 Å². The fraction of sp³-hybridized carbons (Fsp3) is 0.526. The molecule has 4 heteroatoms. The Bertz CT molecular complexity index is 716. The van der Waals surface area contributed by atoms with Crippen LogP contribution in [0.3, 0.4) is 0 Å². The van der Waals surface area contributed by atoms with Gasteiger partial charge < -0.3 is 10.7 Å². The molecule has 0 saturated carbocycles. The predicted molar refractivity (Wildman–Crippen MR) is 97.5 cm³/mol. The van der Waals surface area contributed by atoms with Crippen molar-refractivity contribution < 1.29 is 0 Å². The molecule has 3 atom stereocenters. The number of benzene rings is 1.